The number of hydrogen-bond acceptors (Lipinski definition) is 5. The van der Waals surface area contributed by atoms with Crippen molar-refractivity contribution in [3.8, 4) is 11.4 Å². The molecule has 0 spiro atoms. The van der Waals surface area contributed by atoms with Gasteiger partial charge in [0, 0.05) is 22.7 Å². The topological polar surface area (TPSA) is 64.7 Å². The molecule has 5 nitrogen and oxygen atoms in total. The number of benzene rings is 1. The van der Waals surface area contributed by atoms with Gasteiger partial charge in [-0.15, -0.1) is 5.10 Å². The third-order valence-corrected chi connectivity index (χ3v) is 3.70. The zero-order valence-electron chi connectivity index (χ0n) is 12.3. The first-order valence-electron chi connectivity index (χ1n) is 7.20. The Morgan fingerprint density at radius 3 is 2.68 bits per heavy atom. The number of hydrogen-bond donors (Lipinski definition) is 0. The van der Waals surface area contributed by atoms with E-state index in [2.05, 4.69) is 46.1 Å². The van der Waals surface area contributed by atoms with Crippen LogP contribution in [0.2, 0.25) is 0 Å². The van der Waals surface area contributed by atoms with Gasteiger partial charge in [0.05, 0.1) is 11.8 Å². The quantitative estimate of drug-likeness (QED) is 0.559. The molecule has 0 amide bonds. The van der Waals surface area contributed by atoms with Crippen molar-refractivity contribution in [1.82, 2.24) is 20.2 Å². The van der Waals surface area contributed by atoms with Crippen molar-refractivity contribution >= 4 is 22.1 Å². The molecule has 0 unspecified atom stereocenters. The lowest BCUT2D eigenvalue weighted by molar-refractivity contribution is 0.648. The second-order valence-electron chi connectivity index (χ2n) is 5.49. The number of nitrogens with zero attached hydrogens (tertiary/aromatic N) is 4. The molecule has 0 N–H and O–H groups in total. The van der Waals surface area contributed by atoms with E-state index in [1.165, 1.54) is 0 Å². The zero-order valence-corrected chi connectivity index (χ0v) is 12.3. The number of rotatable bonds is 2. The van der Waals surface area contributed by atoms with Crippen LogP contribution in [0, 0.1) is 0 Å². The highest BCUT2D eigenvalue weighted by Gasteiger charge is 2.15. The molecule has 0 fully saturated rings. The maximum absolute atomic E-state index is 6.01. The summed E-state index contributed by atoms with van der Waals surface area (Å²) in [5.74, 6) is 0.912. The highest BCUT2D eigenvalue weighted by Crippen LogP contribution is 2.34. The van der Waals surface area contributed by atoms with Gasteiger partial charge in [0.2, 0.25) is 5.71 Å². The molecule has 0 aliphatic heterocycles. The molecule has 108 valence electrons. The van der Waals surface area contributed by atoms with Crippen molar-refractivity contribution in [2.24, 2.45) is 0 Å². The van der Waals surface area contributed by atoms with E-state index in [-0.39, 0.29) is 0 Å². The van der Waals surface area contributed by atoms with Gasteiger partial charge in [-0.05, 0) is 24.1 Å². The van der Waals surface area contributed by atoms with E-state index in [0.29, 0.717) is 17.5 Å². The summed E-state index contributed by atoms with van der Waals surface area (Å²) in [6, 6.07) is 10.1. The molecular formula is C17H14N4O. The molecule has 0 aliphatic rings. The Kier molecular flexibility index (Phi) is 2.85. The molecule has 0 aliphatic carbocycles. The van der Waals surface area contributed by atoms with Gasteiger partial charge in [-0.25, -0.2) is 9.97 Å². The summed E-state index contributed by atoms with van der Waals surface area (Å²) in [5.41, 5.74) is 3.25. The predicted octanol–water partition coefficient (Wildman–Crippen LogP) is 3.96. The molecule has 4 aromatic rings. The van der Waals surface area contributed by atoms with Crippen LogP contribution in [0.15, 0.2) is 47.1 Å². The molecule has 22 heavy (non-hydrogen) atoms. The number of aromatic nitrogens is 4. The monoisotopic (exact) mass is 290 g/mol. The van der Waals surface area contributed by atoms with Gasteiger partial charge < -0.3 is 4.42 Å². The van der Waals surface area contributed by atoms with E-state index in [9.17, 15) is 0 Å². The second kappa shape index (κ2) is 4.87. The maximum Gasteiger partial charge on any atom is 0.227 e. The van der Waals surface area contributed by atoms with Gasteiger partial charge in [0.1, 0.15) is 5.58 Å². The van der Waals surface area contributed by atoms with Crippen LogP contribution < -0.4 is 0 Å². The highest BCUT2D eigenvalue weighted by atomic mass is 16.3. The van der Waals surface area contributed by atoms with Crippen molar-refractivity contribution in [2.45, 2.75) is 19.8 Å². The van der Waals surface area contributed by atoms with E-state index >= 15 is 0 Å². The largest absolute Gasteiger partial charge is 0.437 e. The maximum atomic E-state index is 6.01. The predicted molar refractivity (Wildman–Crippen MR) is 84.4 cm³/mol. The van der Waals surface area contributed by atoms with Crippen LogP contribution >= 0.6 is 0 Å². The van der Waals surface area contributed by atoms with Gasteiger partial charge >= 0.3 is 0 Å². The minimum Gasteiger partial charge on any atom is -0.437 e. The number of pyridine rings is 1. The average molecular weight is 290 g/mol. The Morgan fingerprint density at radius 1 is 1.00 bits per heavy atom. The fraction of sp³-hybridized carbons (Fsp3) is 0.176. The smallest absolute Gasteiger partial charge is 0.227 e. The molecule has 0 bridgehead atoms. The van der Waals surface area contributed by atoms with Gasteiger partial charge in [0.25, 0.3) is 0 Å². The molecule has 0 saturated heterocycles. The first-order valence-corrected chi connectivity index (χ1v) is 7.20. The third-order valence-electron chi connectivity index (χ3n) is 3.70. The summed E-state index contributed by atoms with van der Waals surface area (Å²) < 4.78 is 6.01. The second-order valence-corrected chi connectivity index (χ2v) is 5.49. The Morgan fingerprint density at radius 2 is 1.91 bits per heavy atom. The minimum atomic E-state index is 0.360. The molecule has 3 aromatic heterocycles. The summed E-state index contributed by atoms with van der Waals surface area (Å²) in [5, 5.41) is 9.98. The van der Waals surface area contributed by atoms with Crippen molar-refractivity contribution in [2.75, 3.05) is 0 Å². The van der Waals surface area contributed by atoms with Gasteiger partial charge in [-0.3, -0.25) is 0 Å². The normalized spacial score (nSPS) is 11.6. The van der Waals surface area contributed by atoms with Gasteiger partial charge in [-0.1, -0.05) is 26.0 Å². The Balaban J connectivity index is 2.03. The standard InChI is InChI=1S/C17H14N4O/c1-10(2)14-7-6-12-11-4-3-5-13(15(11)22-17(12)20-14)16-18-8-9-19-21-16/h3-10H,1-2H3. The average Bonchev–Trinajstić information content (AvgIpc) is 2.93. The van der Waals surface area contributed by atoms with Gasteiger partial charge in [-0.2, -0.15) is 5.10 Å². The first kappa shape index (κ1) is 12.9. The van der Waals surface area contributed by atoms with Crippen molar-refractivity contribution in [1.29, 1.82) is 0 Å². The summed E-state index contributed by atoms with van der Waals surface area (Å²) >= 11 is 0. The van der Waals surface area contributed by atoms with Crippen LogP contribution in [-0.2, 0) is 0 Å². The fourth-order valence-corrected chi connectivity index (χ4v) is 2.56. The summed E-state index contributed by atoms with van der Waals surface area (Å²) in [4.78, 5) is 8.88. The van der Waals surface area contributed by atoms with E-state index in [1.54, 1.807) is 12.4 Å². The highest BCUT2D eigenvalue weighted by molar-refractivity contribution is 6.07. The SMILES string of the molecule is CC(C)c1ccc2c(n1)oc1c(-c3nccnn3)cccc12. The van der Waals surface area contributed by atoms with Crippen LogP contribution in [0.1, 0.15) is 25.5 Å². The molecule has 0 saturated carbocycles. The van der Waals surface area contributed by atoms with Gasteiger partial charge in [0.15, 0.2) is 5.82 Å². The molecule has 0 atom stereocenters. The minimum absolute atomic E-state index is 0.360. The van der Waals surface area contributed by atoms with Crippen molar-refractivity contribution in [3.05, 3.63) is 48.4 Å². The number of para-hydroxylation sites is 1. The summed E-state index contributed by atoms with van der Waals surface area (Å²) in [6.07, 6.45) is 3.18. The Labute approximate surface area is 127 Å². The number of furan rings is 1. The molecule has 1 aromatic carbocycles. The Hall–Kier alpha value is -2.82. The first-order chi connectivity index (χ1) is 10.7. The van der Waals surface area contributed by atoms with Crippen LogP contribution in [0.3, 0.4) is 0 Å². The lowest BCUT2D eigenvalue weighted by atomic mass is 10.1. The lowest BCUT2D eigenvalue weighted by Gasteiger charge is -2.02. The fourth-order valence-electron chi connectivity index (χ4n) is 2.56. The van der Waals surface area contributed by atoms with E-state index in [4.69, 9.17) is 4.42 Å². The van der Waals surface area contributed by atoms with E-state index in [1.807, 2.05) is 18.2 Å². The third kappa shape index (κ3) is 1.94. The lowest BCUT2D eigenvalue weighted by Crippen LogP contribution is -1.90. The van der Waals surface area contributed by atoms with Crippen LogP contribution in [-0.4, -0.2) is 20.2 Å². The van der Waals surface area contributed by atoms with E-state index in [0.717, 1.165) is 27.6 Å². The molecule has 4 rings (SSSR count). The van der Waals surface area contributed by atoms with Crippen LogP contribution in [0.4, 0.5) is 0 Å². The molecule has 0 radical (unpaired) electrons. The van der Waals surface area contributed by atoms with Crippen LogP contribution in [0.25, 0.3) is 33.5 Å². The van der Waals surface area contributed by atoms with Crippen molar-refractivity contribution in [3.63, 3.8) is 0 Å². The number of fused-ring (bicyclic) bond motifs is 3. The zero-order chi connectivity index (χ0) is 15.1. The van der Waals surface area contributed by atoms with Crippen LogP contribution in [0.5, 0.6) is 0 Å². The molecule has 5 heteroatoms. The molecule has 3 heterocycles. The summed E-state index contributed by atoms with van der Waals surface area (Å²) in [7, 11) is 0. The molecular weight excluding hydrogens is 276 g/mol. The van der Waals surface area contributed by atoms with Crippen molar-refractivity contribution < 1.29 is 4.42 Å². The Bertz CT molecular complexity index is 960. The summed E-state index contributed by atoms with van der Waals surface area (Å²) in [6.45, 7) is 4.23. The van der Waals surface area contributed by atoms with E-state index < -0.39 is 0 Å².